The number of hydrogen-bond donors (Lipinski definition) is 6. The molecule has 0 saturated heterocycles. The Kier molecular flexibility index (Phi) is 6.06. The summed E-state index contributed by atoms with van der Waals surface area (Å²) < 4.78 is 33.0. The number of hydrogen-bond acceptors (Lipinski definition) is 10. The van der Waals surface area contributed by atoms with Crippen LogP contribution < -0.4 is 16.3 Å². The largest absolute Gasteiger partial charge is 0.506 e. The summed E-state index contributed by atoms with van der Waals surface area (Å²) >= 11 is 0. The number of oxazole rings is 1. The molecule has 0 amide bonds. The smallest absolute Gasteiger partial charge is 0.303 e. The van der Waals surface area contributed by atoms with Gasteiger partial charge < -0.3 is 25.4 Å². The molecule has 13 heteroatoms. The van der Waals surface area contributed by atoms with Gasteiger partial charge in [-0.2, -0.15) is 0 Å². The van der Waals surface area contributed by atoms with E-state index in [0.29, 0.717) is 17.4 Å². The number of pyridine rings is 1. The number of benzene rings is 2. The van der Waals surface area contributed by atoms with Gasteiger partial charge in [-0.15, -0.1) is 4.40 Å². The number of carboxylic acids is 1. The highest BCUT2D eigenvalue weighted by atomic mass is 32.3. The van der Waals surface area contributed by atoms with Gasteiger partial charge >= 0.3 is 5.97 Å². The Labute approximate surface area is 211 Å². The number of nitrogens with one attached hydrogen (secondary N) is 2. The lowest BCUT2D eigenvalue weighted by atomic mass is 10.1. The Morgan fingerprint density at radius 3 is 2.70 bits per heavy atom. The summed E-state index contributed by atoms with van der Waals surface area (Å²) in [6.45, 7) is 4.44. The summed E-state index contributed by atoms with van der Waals surface area (Å²) in [7, 11) is -3.90. The van der Waals surface area contributed by atoms with E-state index in [9.17, 15) is 23.8 Å². The predicted molar refractivity (Wildman–Crippen MR) is 140 cm³/mol. The third-order valence-electron chi connectivity index (χ3n) is 5.81. The number of amidine groups is 1. The summed E-state index contributed by atoms with van der Waals surface area (Å²) in [5.41, 5.74) is 3.23. The van der Waals surface area contributed by atoms with Gasteiger partial charge in [0.2, 0.25) is 0 Å². The number of anilines is 1. The van der Waals surface area contributed by atoms with E-state index < -0.39 is 22.3 Å². The molecule has 0 spiro atoms. The van der Waals surface area contributed by atoms with Crippen molar-refractivity contribution < 1.29 is 28.5 Å². The van der Waals surface area contributed by atoms with E-state index in [1.807, 2.05) is 13.8 Å². The van der Waals surface area contributed by atoms with E-state index in [0.717, 1.165) is 0 Å². The van der Waals surface area contributed by atoms with E-state index in [4.69, 9.17) is 9.52 Å². The SMILES string of the molecule is CC(C)CNn1c(=O)c(C2=NS(O)(O)c3c(ccc4oc(CCC(=O)O)nc34)N2)c(O)c2ccccc21. The number of para-hydroxylation sites is 1. The lowest BCUT2D eigenvalue weighted by molar-refractivity contribution is -0.137. The van der Waals surface area contributed by atoms with Crippen LogP contribution in [0.3, 0.4) is 0 Å². The summed E-state index contributed by atoms with van der Waals surface area (Å²) in [6.07, 6.45) is -0.183. The molecule has 194 valence electrons. The monoisotopic (exact) mass is 527 g/mol. The van der Waals surface area contributed by atoms with E-state index in [2.05, 4.69) is 20.1 Å². The summed E-state index contributed by atoms with van der Waals surface area (Å²) in [4.78, 5) is 28.7. The molecule has 4 aromatic rings. The molecule has 5 rings (SSSR count). The maximum absolute atomic E-state index is 13.6. The molecular weight excluding hydrogens is 502 g/mol. The van der Waals surface area contributed by atoms with Crippen LogP contribution in [0.5, 0.6) is 5.75 Å². The lowest BCUT2D eigenvalue weighted by Crippen LogP contribution is -2.37. The van der Waals surface area contributed by atoms with Crippen LogP contribution in [0.25, 0.3) is 22.0 Å². The molecule has 0 saturated carbocycles. The highest BCUT2D eigenvalue weighted by Gasteiger charge is 2.33. The first-order valence-corrected chi connectivity index (χ1v) is 13.0. The minimum absolute atomic E-state index is 0.0216. The summed E-state index contributed by atoms with van der Waals surface area (Å²) in [5, 5.41) is 23.3. The molecule has 37 heavy (non-hydrogen) atoms. The topological polar surface area (TPSA) is 182 Å². The van der Waals surface area contributed by atoms with Crippen LogP contribution in [0.15, 0.2) is 54.9 Å². The fourth-order valence-corrected chi connectivity index (χ4v) is 5.42. The Bertz CT molecular complexity index is 1640. The standard InChI is InChI=1S/C24H25N5O7S/c1-12(2)11-25-29-15-6-4-3-5-13(15)21(32)19(24(29)33)23-26-14-7-8-16-20(22(14)37(34,35)28-23)27-17(36-16)9-10-18(30)31/h3-8,12,25,32,34-35H,9-11H2,1-2H3,(H,26,28)(H,30,31). The van der Waals surface area contributed by atoms with Gasteiger partial charge in [0.25, 0.3) is 5.56 Å². The number of rotatable bonds is 7. The molecule has 1 aliphatic rings. The number of nitrogens with zero attached hydrogens (tertiary/aromatic N) is 3. The maximum atomic E-state index is 13.6. The molecule has 12 nitrogen and oxygen atoms in total. The third-order valence-corrected chi connectivity index (χ3v) is 7.20. The van der Waals surface area contributed by atoms with E-state index in [1.165, 1.54) is 10.7 Å². The van der Waals surface area contributed by atoms with Crippen molar-refractivity contribution in [2.24, 2.45) is 10.3 Å². The van der Waals surface area contributed by atoms with Crippen LogP contribution in [0.1, 0.15) is 31.7 Å². The molecule has 3 heterocycles. The average molecular weight is 528 g/mol. The number of aromatic nitrogens is 2. The third kappa shape index (κ3) is 4.37. The molecule has 0 aliphatic carbocycles. The van der Waals surface area contributed by atoms with Crippen LogP contribution in [-0.4, -0.2) is 47.3 Å². The predicted octanol–water partition coefficient (Wildman–Crippen LogP) is 3.96. The fourth-order valence-electron chi connectivity index (χ4n) is 4.11. The minimum Gasteiger partial charge on any atom is -0.506 e. The lowest BCUT2D eigenvalue weighted by Gasteiger charge is -2.34. The zero-order valence-electron chi connectivity index (χ0n) is 19.9. The van der Waals surface area contributed by atoms with Crippen molar-refractivity contribution in [2.45, 2.75) is 31.6 Å². The molecule has 2 aromatic heterocycles. The fraction of sp³-hybridized carbons (Fsp3) is 0.250. The Morgan fingerprint density at radius 2 is 1.97 bits per heavy atom. The molecule has 0 bridgehead atoms. The number of carboxylic acid groups (broad SMARTS) is 1. The highest BCUT2D eigenvalue weighted by molar-refractivity contribution is 8.23. The Balaban J connectivity index is 1.65. The van der Waals surface area contributed by atoms with Gasteiger partial charge in [-0.25, -0.2) is 9.66 Å². The highest BCUT2D eigenvalue weighted by Crippen LogP contribution is 2.58. The number of fused-ring (bicyclic) bond motifs is 4. The molecule has 0 fully saturated rings. The molecule has 1 aliphatic heterocycles. The number of carbonyl (C=O) groups is 1. The molecule has 0 atom stereocenters. The molecule has 0 radical (unpaired) electrons. The van der Waals surface area contributed by atoms with Crippen molar-refractivity contribution in [3.63, 3.8) is 0 Å². The van der Waals surface area contributed by atoms with Crippen molar-refractivity contribution in [3.05, 3.63) is 58.2 Å². The quantitative estimate of drug-likeness (QED) is 0.206. The number of aliphatic carboxylic acids is 1. The summed E-state index contributed by atoms with van der Waals surface area (Å²) in [6, 6.07) is 9.85. The van der Waals surface area contributed by atoms with Crippen LogP contribution in [0.4, 0.5) is 5.69 Å². The van der Waals surface area contributed by atoms with E-state index in [-0.39, 0.29) is 63.5 Å². The van der Waals surface area contributed by atoms with Gasteiger partial charge in [-0.3, -0.25) is 18.7 Å². The molecule has 2 aromatic carbocycles. The van der Waals surface area contributed by atoms with Gasteiger partial charge in [0.05, 0.1) is 17.6 Å². The summed E-state index contributed by atoms with van der Waals surface area (Å²) in [5.74, 6) is -1.24. The zero-order chi connectivity index (χ0) is 26.5. The van der Waals surface area contributed by atoms with Gasteiger partial charge in [0, 0.05) is 18.4 Å². The zero-order valence-corrected chi connectivity index (χ0v) is 20.7. The molecule has 6 N–H and O–H groups in total. The van der Waals surface area contributed by atoms with Crippen LogP contribution in [0, 0.1) is 5.92 Å². The Hall–Kier alpha value is -4.07. The van der Waals surface area contributed by atoms with Crippen LogP contribution in [-0.2, 0) is 11.2 Å². The van der Waals surface area contributed by atoms with Crippen molar-refractivity contribution in [1.82, 2.24) is 9.66 Å². The van der Waals surface area contributed by atoms with Crippen molar-refractivity contribution >= 4 is 50.3 Å². The molecular formula is C24H25N5O7S. The Morgan fingerprint density at radius 1 is 1.22 bits per heavy atom. The second-order valence-electron chi connectivity index (χ2n) is 9.01. The van der Waals surface area contributed by atoms with Gasteiger partial charge in [0.15, 0.2) is 17.3 Å². The molecule has 0 unspecified atom stereocenters. The van der Waals surface area contributed by atoms with E-state index >= 15 is 0 Å². The van der Waals surface area contributed by atoms with Gasteiger partial charge in [0.1, 0.15) is 21.7 Å². The minimum atomic E-state index is -3.90. The number of aryl methyl sites for hydroxylation is 1. The van der Waals surface area contributed by atoms with Gasteiger partial charge in [-0.1, -0.05) is 36.8 Å². The van der Waals surface area contributed by atoms with E-state index in [1.54, 1.807) is 30.3 Å². The van der Waals surface area contributed by atoms with Crippen LogP contribution in [0.2, 0.25) is 0 Å². The number of aromatic hydroxyl groups is 1. The van der Waals surface area contributed by atoms with Gasteiger partial charge in [-0.05, 0) is 30.2 Å². The first-order chi connectivity index (χ1) is 17.6. The van der Waals surface area contributed by atoms with Crippen LogP contribution >= 0.6 is 10.8 Å². The normalized spacial score (nSPS) is 15.3. The van der Waals surface area contributed by atoms with Crippen molar-refractivity contribution in [1.29, 1.82) is 0 Å². The van der Waals surface area contributed by atoms with Crippen molar-refractivity contribution in [3.8, 4) is 5.75 Å². The van der Waals surface area contributed by atoms with Crippen molar-refractivity contribution in [2.75, 3.05) is 17.3 Å². The average Bonchev–Trinajstić information content (AvgIpc) is 3.25. The second kappa shape index (κ2) is 9.10. The first-order valence-electron chi connectivity index (χ1n) is 11.5. The maximum Gasteiger partial charge on any atom is 0.303 e. The first kappa shape index (κ1) is 24.6. The second-order valence-corrected chi connectivity index (χ2v) is 10.6.